The lowest BCUT2D eigenvalue weighted by Gasteiger charge is -2.33. The summed E-state index contributed by atoms with van der Waals surface area (Å²) in [5.41, 5.74) is -0.484. The van der Waals surface area contributed by atoms with Gasteiger partial charge in [0.05, 0.1) is 12.2 Å². The molecule has 27 heavy (non-hydrogen) atoms. The molecule has 1 aliphatic heterocycles. The molecule has 146 valence electrons. The number of nitrogens with zero attached hydrogens (tertiary/aromatic N) is 3. The van der Waals surface area contributed by atoms with Gasteiger partial charge in [-0.2, -0.15) is 13.2 Å². The van der Waals surface area contributed by atoms with Gasteiger partial charge >= 0.3 is 6.18 Å². The van der Waals surface area contributed by atoms with Gasteiger partial charge in [0.1, 0.15) is 5.82 Å². The zero-order chi connectivity index (χ0) is 19.4. The molecule has 1 aliphatic rings. The van der Waals surface area contributed by atoms with Crippen molar-refractivity contribution in [3.8, 4) is 0 Å². The van der Waals surface area contributed by atoms with Crippen LogP contribution in [0.3, 0.4) is 0 Å². The van der Waals surface area contributed by atoms with E-state index in [0.29, 0.717) is 26.2 Å². The summed E-state index contributed by atoms with van der Waals surface area (Å²) in [5.74, 6) is 0.768. The van der Waals surface area contributed by atoms with Gasteiger partial charge in [-0.15, -0.1) is 0 Å². The van der Waals surface area contributed by atoms with E-state index in [1.165, 1.54) is 12.1 Å². The molecule has 0 unspecified atom stereocenters. The molecule has 5 nitrogen and oxygen atoms in total. The van der Waals surface area contributed by atoms with Gasteiger partial charge in [-0.3, -0.25) is 4.79 Å². The van der Waals surface area contributed by atoms with Crippen LogP contribution in [0.1, 0.15) is 40.5 Å². The Labute approximate surface area is 155 Å². The number of methoxy groups -OCH3 is 1. The molecule has 3 rings (SSSR count). The molecule has 1 atom stereocenters. The predicted molar refractivity (Wildman–Crippen MR) is 93.4 cm³/mol. The first-order chi connectivity index (χ1) is 12.9. The number of ether oxygens (including phenoxy) is 1. The summed E-state index contributed by atoms with van der Waals surface area (Å²) in [6.45, 7) is 2.36. The minimum Gasteiger partial charge on any atom is -0.383 e. The summed E-state index contributed by atoms with van der Waals surface area (Å²) in [7, 11) is 1.64. The Hall–Kier alpha value is -2.35. The monoisotopic (exact) mass is 381 g/mol. The molecule has 2 aromatic rings. The van der Waals surface area contributed by atoms with E-state index in [1.807, 2.05) is 10.8 Å². The van der Waals surface area contributed by atoms with Crippen molar-refractivity contribution in [3.63, 3.8) is 0 Å². The molecule has 2 heterocycles. The summed E-state index contributed by atoms with van der Waals surface area (Å²) >= 11 is 0. The fourth-order valence-corrected chi connectivity index (χ4v) is 3.42. The van der Waals surface area contributed by atoms with E-state index in [4.69, 9.17) is 4.74 Å². The van der Waals surface area contributed by atoms with Crippen molar-refractivity contribution in [2.75, 3.05) is 26.8 Å². The number of piperidine rings is 1. The average Bonchev–Trinajstić information content (AvgIpc) is 3.14. The van der Waals surface area contributed by atoms with Gasteiger partial charge in [-0.05, 0) is 37.1 Å². The standard InChI is InChI=1S/C19H22F3N3O2/c1-27-12-11-24-10-8-23-17(24)15-3-2-9-25(13-15)18(26)14-4-6-16(7-5-14)19(20,21)22/h4-8,10,15H,2-3,9,11-13H2,1H3/t15-/m0/s1. The zero-order valence-electron chi connectivity index (χ0n) is 15.1. The third kappa shape index (κ3) is 4.50. The Morgan fingerprint density at radius 2 is 2.04 bits per heavy atom. The number of aromatic nitrogens is 2. The molecule has 1 fully saturated rings. The fraction of sp³-hybridized carbons (Fsp3) is 0.474. The second-order valence-electron chi connectivity index (χ2n) is 6.64. The van der Waals surface area contributed by atoms with Crippen LogP contribution in [0.4, 0.5) is 13.2 Å². The van der Waals surface area contributed by atoms with Crippen LogP contribution < -0.4 is 0 Å². The molecule has 0 saturated carbocycles. The highest BCUT2D eigenvalue weighted by atomic mass is 19.4. The highest BCUT2D eigenvalue weighted by Gasteiger charge is 2.31. The number of amides is 1. The lowest BCUT2D eigenvalue weighted by Crippen LogP contribution is -2.39. The van der Waals surface area contributed by atoms with Crippen molar-refractivity contribution >= 4 is 5.91 Å². The third-order valence-electron chi connectivity index (χ3n) is 4.82. The van der Waals surface area contributed by atoms with Crippen LogP contribution in [-0.4, -0.2) is 47.2 Å². The number of carbonyl (C=O) groups excluding carboxylic acids is 1. The minimum absolute atomic E-state index is 0.101. The number of hydrogen-bond donors (Lipinski definition) is 0. The van der Waals surface area contributed by atoms with Crippen molar-refractivity contribution in [1.29, 1.82) is 0 Å². The Balaban J connectivity index is 1.71. The van der Waals surface area contributed by atoms with Gasteiger partial charge in [-0.25, -0.2) is 4.98 Å². The van der Waals surface area contributed by atoms with E-state index in [2.05, 4.69) is 4.98 Å². The normalized spacial score (nSPS) is 17.9. The Morgan fingerprint density at radius 1 is 1.30 bits per heavy atom. The predicted octanol–water partition coefficient (Wildman–Crippen LogP) is 3.57. The van der Waals surface area contributed by atoms with E-state index in [9.17, 15) is 18.0 Å². The number of likely N-dealkylation sites (tertiary alicyclic amines) is 1. The molecule has 0 radical (unpaired) electrons. The van der Waals surface area contributed by atoms with Crippen molar-refractivity contribution in [3.05, 3.63) is 53.6 Å². The summed E-state index contributed by atoms with van der Waals surface area (Å²) in [4.78, 5) is 18.9. The zero-order valence-corrected chi connectivity index (χ0v) is 15.1. The summed E-state index contributed by atoms with van der Waals surface area (Å²) in [6.07, 6.45) is 0.971. The molecule has 1 saturated heterocycles. The van der Waals surface area contributed by atoms with Crippen LogP contribution in [-0.2, 0) is 17.5 Å². The molecule has 0 spiro atoms. The largest absolute Gasteiger partial charge is 0.416 e. The molecule has 0 aliphatic carbocycles. The van der Waals surface area contributed by atoms with E-state index >= 15 is 0 Å². The van der Waals surface area contributed by atoms with E-state index in [0.717, 1.165) is 30.8 Å². The first kappa shape index (κ1) is 19.4. The number of imidazole rings is 1. The molecular formula is C19H22F3N3O2. The summed E-state index contributed by atoms with van der Waals surface area (Å²) in [6, 6.07) is 4.39. The van der Waals surface area contributed by atoms with Crippen molar-refractivity contribution in [2.24, 2.45) is 0 Å². The average molecular weight is 381 g/mol. The number of rotatable bonds is 5. The maximum atomic E-state index is 12.7. The van der Waals surface area contributed by atoms with Crippen LogP contribution in [0.25, 0.3) is 0 Å². The Bertz CT molecular complexity index is 771. The lowest BCUT2D eigenvalue weighted by atomic mass is 9.96. The first-order valence-corrected chi connectivity index (χ1v) is 8.86. The van der Waals surface area contributed by atoms with Crippen LogP contribution in [0.2, 0.25) is 0 Å². The van der Waals surface area contributed by atoms with E-state index in [1.54, 1.807) is 18.2 Å². The maximum Gasteiger partial charge on any atom is 0.416 e. The third-order valence-corrected chi connectivity index (χ3v) is 4.82. The Kier molecular flexibility index (Phi) is 5.84. The lowest BCUT2D eigenvalue weighted by molar-refractivity contribution is -0.137. The highest BCUT2D eigenvalue weighted by molar-refractivity contribution is 5.94. The second kappa shape index (κ2) is 8.12. The highest BCUT2D eigenvalue weighted by Crippen LogP contribution is 2.30. The maximum absolute atomic E-state index is 12.7. The van der Waals surface area contributed by atoms with Gasteiger partial charge < -0.3 is 14.2 Å². The SMILES string of the molecule is COCCn1ccnc1[C@H]1CCCN(C(=O)c2ccc(C(F)(F)F)cc2)C1. The molecule has 1 aromatic heterocycles. The topological polar surface area (TPSA) is 47.4 Å². The Morgan fingerprint density at radius 3 is 2.70 bits per heavy atom. The van der Waals surface area contributed by atoms with Crippen LogP contribution in [0.15, 0.2) is 36.7 Å². The van der Waals surface area contributed by atoms with E-state index in [-0.39, 0.29) is 17.4 Å². The second-order valence-corrected chi connectivity index (χ2v) is 6.64. The van der Waals surface area contributed by atoms with Gasteiger partial charge in [0.2, 0.25) is 0 Å². The number of alkyl halides is 3. The van der Waals surface area contributed by atoms with Crippen LogP contribution in [0.5, 0.6) is 0 Å². The van der Waals surface area contributed by atoms with Gasteiger partial charge in [0, 0.05) is 50.6 Å². The van der Waals surface area contributed by atoms with Crippen LogP contribution >= 0.6 is 0 Å². The molecular weight excluding hydrogens is 359 g/mol. The quantitative estimate of drug-likeness (QED) is 0.796. The van der Waals surface area contributed by atoms with E-state index < -0.39 is 11.7 Å². The molecule has 1 amide bonds. The molecule has 1 aromatic carbocycles. The van der Waals surface area contributed by atoms with Gasteiger partial charge in [0.15, 0.2) is 0 Å². The summed E-state index contributed by atoms with van der Waals surface area (Å²) < 4.78 is 45.2. The van der Waals surface area contributed by atoms with Crippen molar-refractivity contribution in [1.82, 2.24) is 14.5 Å². The number of benzene rings is 1. The van der Waals surface area contributed by atoms with Crippen LogP contribution in [0, 0.1) is 0 Å². The van der Waals surface area contributed by atoms with Gasteiger partial charge in [-0.1, -0.05) is 0 Å². The number of halogens is 3. The number of carbonyl (C=O) groups is 1. The van der Waals surface area contributed by atoms with Crippen molar-refractivity contribution in [2.45, 2.75) is 31.5 Å². The molecule has 0 bridgehead atoms. The van der Waals surface area contributed by atoms with Crippen molar-refractivity contribution < 1.29 is 22.7 Å². The number of hydrogen-bond acceptors (Lipinski definition) is 3. The molecule has 0 N–H and O–H groups in total. The van der Waals surface area contributed by atoms with Gasteiger partial charge in [0.25, 0.3) is 5.91 Å². The fourth-order valence-electron chi connectivity index (χ4n) is 3.42. The summed E-state index contributed by atoms with van der Waals surface area (Å²) in [5, 5.41) is 0. The molecule has 8 heteroatoms. The minimum atomic E-state index is -4.41. The smallest absolute Gasteiger partial charge is 0.383 e. The first-order valence-electron chi connectivity index (χ1n) is 8.86.